The number of amides is 3. The number of urea groups is 1. The molecule has 0 radical (unpaired) electrons. The van der Waals surface area contributed by atoms with E-state index in [1.54, 1.807) is 0 Å². The van der Waals surface area contributed by atoms with Gasteiger partial charge in [0.2, 0.25) is 0 Å². The lowest BCUT2D eigenvalue weighted by Gasteiger charge is -2.45. The Kier molecular flexibility index (Phi) is 4.58. The lowest BCUT2D eigenvalue weighted by molar-refractivity contribution is -0.133. The summed E-state index contributed by atoms with van der Waals surface area (Å²) in [6.45, 7) is 3.22. The fourth-order valence-corrected chi connectivity index (χ4v) is 5.61. The molecule has 0 bridgehead atoms. The van der Waals surface area contributed by atoms with E-state index in [2.05, 4.69) is 16.3 Å². The number of carbonyl (C=O) groups excluding carboxylic acids is 2. The number of piperidine rings is 1. The van der Waals surface area contributed by atoms with E-state index >= 15 is 0 Å². The molecule has 0 spiro atoms. The van der Waals surface area contributed by atoms with Crippen molar-refractivity contribution in [2.75, 3.05) is 13.2 Å². The van der Waals surface area contributed by atoms with Gasteiger partial charge in [0, 0.05) is 12.6 Å². The molecular weight excluding hydrogens is 362 g/mol. The molecule has 3 aliphatic rings. The highest BCUT2D eigenvalue weighted by atomic mass is 16.2. The van der Waals surface area contributed by atoms with Crippen molar-refractivity contribution < 1.29 is 9.59 Å². The Bertz CT molecular complexity index is 956. The fourth-order valence-electron chi connectivity index (χ4n) is 5.61. The molecule has 1 N–H and O–H groups in total. The summed E-state index contributed by atoms with van der Waals surface area (Å²) in [7, 11) is 0. The normalized spacial score (nSPS) is 30.4. The smallest absolute Gasteiger partial charge is 0.319 e. The predicted octanol–water partition coefficient (Wildman–Crippen LogP) is 4.22. The third kappa shape index (κ3) is 3.12. The molecule has 5 heteroatoms. The van der Waals surface area contributed by atoms with Crippen molar-refractivity contribution in [1.29, 1.82) is 0 Å². The summed E-state index contributed by atoms with van der Waals surface area (Å²) < 4.78 is 0. The van der Waals surface area contributed by atoms with Gasteiger partial charge >= 0.3 is 6.03 Å². The molecule has 5 nitrogen and oxygen atoms in total. The van der Waals surface area contributed by atoms with Gasteiger partial charge in [-0.1, -0.05) is 49.2 Å². The van der Waals surface area contributed by atoms with Gasteiger partial charge in [-0.3, -0.25) is 9.69 Å². The molecule has 2 heterocycles. The third-order valence-corrected chi connectivity index (χ3v) is 7.28. The first kappa shape index (κ1) is 18.6. The zero-order valence-corrected chi connectivity index (χ0v) is 17.1. The number of nitrogens with one attached hydrogen (secondary N) is 1. The summed E-state index contributed by atoms with van der Waals surface area (Å²) in [4.78, 5) is 30.1. The van der Waals surface area contributed by atoms with Crippen molar-refractivity contribution in [2.45, 2.75) is 57.0 Å². The molecule has 1 saturated carbocycles. The number of hydrogen-bond donors (Lipinski definition) is 1. The Morgan fingerprint density at radius 1 is 1.00 bits per heavy atom. The van der Waals surface area contributed by atoms with Gasteiger partial charge in [0.05, 0.1) is 6.67 Å². The van der Waals surface area contributed by atoms with Crippen molar-refractivity contribution in [3.63, 3.8) is 0 Å². The van der Waals surface area contributed by atoms with E-state index in [1.165, 1.54) is 37.0 Å². The summed E-state index contributed by atoms with van der Waals surface area (Å²) in [5.41, 5.74) is -0.172. The highest BCUT2D eigenvalue weighted by Crippen LogP contribution is 2.36. The molecule has 2 aromatic carbocycles. The van der Waals surface area contributed by atoms with Crippen LogP contribution in [0.4, 0.5) is 4.79 Å². The van der Waals surface area contributed by atoms with Crippen molar-refractivity contribution >= 4 is 22.7 Å². The number of hydrogen-bond acceptors (Lipinski definition) is 3. The molecule has 0 aromatic heterocycles. The molecule has 1 aliphatic carbocycles. The second-order valence-corrected chi connectivity index (χ2v) is 9.06. The van der Waals surface area contributed by atoms with E-state index in [9.17, 15) is 9.59 Å². The van der Waals surface area contributed by atoms with Crippen LogP contribution in [0.3, 0.4) is 0 Å². The molecule has 152 valence electrons. The Hall–Kier alpha value is -2.40. The van der Waals surface area contributed by atoms with Crippen LogP contribution in [0.2, 0.25) is 0 Å². The Morgan fingerprint density at radius 2 is 1.76 bits per heavy atom. The SMILES string of the molecule is C[C@]1(c2ccc3ccccc3c2)NC(=O)N(CN2CCC[C@H]3CCCC[C@@H]32)C1=O. The zero-order chi connectivity index (χ0) is 20.0. The highest BCUT2D eigenvalue weighted by molar-refractivity contribution is 6.07. The summed E-state index contributed by atoms with van der Waals surface area (Å²) in [5.74, 6) is 0.584. The van der Waals surface area contributed by atoms with Crippen molar-refractivity contribution in [1.82, 2.24) is 15.1 Å². The molecule has 0 unspecified atom stereocenters. The Morgan fingerprint density at radius 3 is 2.62 bits per heavy atom. The monoisotopic (exact) mass is 391 g/mol. The molecule has 3 amide bonds. The van der Waals surface area contributed by atoms with Gasteiger partial charge in [-0.2, -0.15) is 0 Å². The quantitative estimate of drug-likeness (QED) is 0.797. The Balaban J connectivity index is 1.40. The van der Waals surface area contributed by atoms with E-state index in [4.69, 9.17) is 0 Å². The average molecular weight is 392 g/mol. The van der Waals surface area contributed by atoms with Gasteiger partial charge < -0.3 is 5.32 Å². The number of imide groups is 1. The summed E-state index contributed by atoms with van der Waals surface area (Å²) in [5, 5.41) is 5.19. The number of likely N-dealkylation sites (tertiary alicyclic amines) is 1. The number of carbonyl (C=O) groups is 2. The first-order valence-corrected chi connectivity index (χ1v) is 10.9. The summed E-state index contributed by atoms with van der Waals surface area (Å²) >= 11 is 0. The second kappa shape index (κ2) is 7.13. The van der Waals surface area contributed by atoms with Crippen LogP contribution in [0.25, 0.3) is 10.8 Å². The predicted molar refractivity (Wildman–Crippen MR) is 113 cm³/mol. The number of benzene rings is 2. The zero-order valence-electron chi connectivity index (χ0n) is 17.1. The fraction of sp³-hybridized carbons (Fsp3) is 0.500. The maximum absolute atomic E-state index is 13.4. The number of nitrogens with zero attached hydrogens (tertiary/aromatic N) is 2. The van der Waals surface area contributed by atoms with E-state index in [-0.39, 0.29) is 11.9 Å². The van der Waals surface area contributed by atoms with Gasteiger partial charge in [-0.05, 0) is 60.9 Å². The van der Waals surface area contributed by atoms with Crippen LogP contribution in [0.1, 0.15) is 51.0 Å². The molecule has 5 rings (SSSR count). The van der Waals surface area contributed by atoms with E-state index in [0.717, 1.165) is 35.2 Å². The topological polar surface area (TPSA) is 52.7 Å². The molecule has 2 saturated heterocycles. The molecular formula is C24H29N3O2. The van der Waals surface area contributed by atoms with Crippen molar-refractivity contribution in [3.05, 3.63) is 48.0 Å². The maximum Gasteiger partial charge on any atom is 0.326 e. The van der Waals surface area contributed by atoms with Gasteiger partial charge in [-0.15, -0.1) is 0 Å². The highest BCUT2D eigenvalue weighted by Gasteiger charge is 2.50. The van der Waals surface area contributed by atoms with Crippen molar-refractivity contribution in [2.24, 2.45) is 5.92 Å². The van der Waals surface area contributed by atoms with Crippen LogP contribution in [0, 0.1) is 5.92 Å². The molecule has 29 heavy (non-hydrogen) atoms. The molecule has 3 atom stereocenters. The van der Waals surface area contributed by atoms with Gasteiger partial charge in [0.15, 0.2) is 0 Å². The standard InChI is InChI=1S/C24H29N3O2/c1-24(20-13-12-17-7-2-3-9-19(17)15-20)22(28)27(23(29)25-24)16-26-14-6-10-18-8-4-5-11-21(18)26/h2-3,7,9,12-13,15,18,21H,4-6,8,10-11,14,16H2,1H3,(H,25,29)/t18-,21+,24-/m1/s1. The molecule has 3 fully saturated rings. The maximum atomic E-state index is 13.4. The van der Waals surface area contributed by atoms with Crippen LogP contribution in [0.15, 0.2) is 42.5 Å². The number of fused-ring (bicyclic) bond motifs is 2. The van der Waals surface area contributed by atoms with Gasteiger partial charge in [-0.25, -0.2) is 9.69 Å². The summed E-state index contributed by atoms with van der Waals surface area (Å²) in [6.07, 6.45) is 7.50. The average Bonchev–Trinajstić information content (AvgIpc) is 2.97. The lowest BCUT2D eigenvalue weighted by Crippen LogP contribution is -2.52. The van der Waals surface area contributed by atoms with Crippen molar-refractivity contribution in [3.8, 4) is 0 Å². The molecule has 2 aromatic rings. The first-order valence-electron chi connectivity index (χ1n) is 10.9. The molecule has 2 aliphatic heterocycles. The summed E-state index contributed by atoms with van der Waals surface area (Å²) in [6, 6.07) is 14.3. The van der Waals surface area contributed by atoms with E-state index < -0.39 is 5.54 Å². The third-order valence-electron chi connectivity index (χ3n) is 7.28. The van der Waals surface area contributed by atoms with Gasteiger partial charge in [0.25, 0.3) is 5.91 Å². The van der Waals surface area contributed by atoms with Crippen LogP contribution in [-0.2, 0) is 10.3 Å². The van der Waals surface area contributed by atoms with Gasteiger partial charge in [0.1, 0.15) is 5.54 Å². The lowest BCUT2D eigenvalue weighted by atomic mass is 9.78. The minimum Gasteiger partial charge on any atom is -0.319 e. The first-order chi connectivity index (χ1) is 14.1. The van der Waals surface area contributed by atoms with Crippen LogP contribution < -0.4 is 5.32 Å². The van der Waals surface area contributed by atoms with Crippen LogP contribution >= 0.6 is 0 Å². The van der Waals surface area contributed by atoms with E-state index in [1.807, 2.05) is 43.3 Å². The minimum absolute atomic E-state index is 0.143. The largest absolute Gasteiger partial charge is 0.326 e. The van der Waals surface area contributed by atoms with Crippen LogP contribution in [-0.4, -0.2) is 41.0 Å². The Labute approximate surface area is 172 Å². The number of rotatable bonds is 3. The van der Waals surface area contributed by atoms with Crippen LogP contribution in [0.5, 0.6) is 0 Å². The minimum atomic E-state index is -1.01. The van der Waals surface area contributed by atoms with E-state index in [0.29, 0.717) is 12.7 Å². The second-order valence-electron chi connectivity index (χ2n) is 9.06.